The van der Waals surface area contributed by atoms with Crippen LogP contribution in [0.4, 0.5) is 10.3 Å². The largest absolute Gasteiger partial charge is 0.313 e. The van der Waals surface area contributed by atoms with Crippen LogP contribution < -0.4 is 10.6 Å². The number of H-pyrrole nitrogens is 1. The number of hydrogen-bond donors (Lipinski definition) is 3. The van der Waals surface area contributed by atoms with Gasteiger partial charge in [0.05, 0.1) is 11.0 Å². The second-order valence-corrected chi connectivity index (χ2v) is 5.54. The standard InChI is InChI=1S/C15H15FN6O/c1-22-12-3-2-8(16)6-11(12)18-15(22)19-14(23)13-9-7-17-5-4-10(9)20-21-13/h2-3,6,17H,4-5,7H2,1H3,(H,20,21)(H,18,19,23). The van der Waals surface area contributed by atoms with E-state index in [1.54, 1.807) is 17.7 Å². The van der Waals surface area contributed by atoms with Crippen LogP contribution in [-0.2, 0) is 20.0 Å². The summed E-state index contributed by atoms with van der Waals surface area (Å²) in [5.74, 6) is -0.331. The lowest BCUT2D eigenvalue weighted by atomic mass is 10.1. The highest BCUT2D eigenvalue weighted by molar-refractivity contribution is 6.03. The molecule has 0 aliphatic carbocycles. The van der Waals surface area contributed by atoms with E-state index in [-0.39, 0.29) is 11.7 Å². The first-order valence-electron chi connectivity index (χ1n) is 7.33. The fourth-order valence-electron chi connectivity index (χ4n) is 2.86. The summed E-state index contributed by atoms with van der Waals surface area (Å²) >= 11 is 0. The second kappa shape index (κ2) is 5.17. The van der Waals surface area contributed by atoms with E-state index in [0.717, 1.165) is 29.7 Å². The molecule has 3 N–H and O–H groups in total. The molecule has 0 fully saturated rings. The van der Waals surface area contributed by atoms with Crippen molar-refractivity contribution in [1.82, 2.24) is 25.1 Å². The molecule has 7 nitrogen and oxygen atoms in total. The van der Waals surface area contributed by atoms with Gasteiger partial charge in [0, 0.05) is 43.9 Å². The number of nitrogens with zero attached hydrogens (tertiary/aromatic N) is 3. The first-order chi connectivity index (χ1) is 11.1. The van der Waals surface area contributed by atoms with Crippen molar-refractivity contribution < 1.29 is 9.18 Å². The molecule has 3 aromatic rings. The van der Waals surface area contributed by atoms with E-state index in [0.29, 0.717) is 23.7 Å². The third-order valence-corrected chi connectivity index (χ3v) is 4.09. The summed E-state index contributed by atoms with van der Waals surface area (Å²) in [5.41, 5.74) is 3.48. The van der Waals surface area contributed by atoms with E-state index in [1.165, 1.54) is 12.1 Å². The lowest BCUT2D eigenvalue weighted by Crippen LogP contribution is -2.25. The van der Waals surface area contributed by atoms with E-state index in [4.69, 9.17) is 0 Å². The highest BCUT2D eigenvalue weighted by Gasteiger charge is 2.22. The summed E-state index contributed by atoms with van der Waals surface area (Å²) in [5, 5.41) is 13.0. The molecule has 0 unspecified atom stereocenters. The molecule has 1 aliphatic heterocycles. The summed E-state index contributed by atoms with van der Waals surface area (Å²) in [4.78, 5) is 16.8. The predicted octanol–water partition coefficient (Wildman–Crippen LogP) is 1.33. The molecule has 2 aromatic heterocycles. The lowest BCUT2D eigenvalue weighted by molar-refractivity contribution is 0.102. The number of aryl methyl sites for hydroxylation is 1. The highest BCUT2D eigenvalue weighted by atomic mass is 19.1. The number of imidazole rings is 1. The minimum Gasteiger partial charge on any atom is -0.313 e. The summed E-state index contributed by atoms with van der Waals surface area (Å²) in [6, 6.07) is 4.34. The van der Waals surface area contributed by atoms with Gasteiger partial charge in [0.25, 0.3) is 5.91 Å². The van der Waals surface area contributed by atoms with Gasteiger partial charge in [-0.2, -0.15) is 5.10 Å². The molecule has 0 saturated carbocycles. The van der Waals surface area contributed by atoms with Gasteiger partial charge in [0.1, 0.15) is 5.82 Å². The van der Waals surface area contributed by atoms with Crippen molar-refractivity contribution in [1.29, 1.82) is 0 Å². The van der Waals surface area contributed by atoms with Crippen LogP contribution in [0.3, 0.4) is 0 Å². The number of nitrogens with one attached hydrogen (secondary N) is 3. The zero-order valence-corrected chi connectivity index (χ0v) is 12.5. The maximum absolute atomic E-state index is 13.3. The quantitative estimate of drug-likeness (QED) is 0.666. The van der Waals surface area contributed by atoms with Crippen molar-refractivity contribution in [2.24, 2.45) is 7.05 Å². The van der Waals surface area contributed by atoms with Gasteiger partial charge >= 0.3 is 0 Å². The third kappa shape index (κ3) is 2.27. The Labute approximate surface area is 130 Å². The summed E-state index contributed by atoms with van der Waals surface area (Å²) in [7, 11) is 1.77. The fraction of sp³-hybridized carbons (Fsp3) is 0.267. The van der Waals surface area contributed by atoms with Crippen LogP contribution in [-0.4, -0.2) is 32.2 Å². The molecule has 0 spiro atoms. The van der Waals surface area contributed by atoms with Gasteiger partial charge in [0.2, 0.25) is 5.95 Å². The number of amides is 1. The highest BCUT2D eigenvalue weighted by Crippen LogP contribution is 2.21. The van der Waals surface area contributed by atoms with Gasteiger partial charge in [-0.1, -0.05) is 0 Å². The number of rotatable bonds is 2. The molecule has 3 heterocycles. The van der Waals surface area contributed by atoms with Crippen molar-refractivity contribution in [3.8, 4) is 0 Å². The van der Waals surface area contributed by atoms with Crippen molar-refractivity contribution in [3.05, 3.63) is 41.0 Å². The smallest absolute Gasteiger partial charge is 0.278 e. The number of benzene rings is 1. The van der Waals surface area contributed by atoms with Crippen LogP contribution in [0.2, 0.25) is 0 Å². The number of aromatic nitrogens is 4. The molecule has 23 heavy (non-hydrogen) atoms. The lowest BCUT2D eigenvalue weighted by Gasteiger charge is -2.12. The number of halogens is 1. The zero-order chi connectivity index (χ0) is 16.0. The first kappa shape index (κ1) is 13.9. The van der Waals surface area contributed by atoms with E-state index in [1.807, 2.05) is 0 Å². The Morgan fingerprint density at radius 2 is 2.30 bits per heavy atom. The maximum atomic E-state index is 13.3. The first-order valence-corrected chi connectivity index (χ1v) is 7.33. The van der Waals surface area contributed by atoms with Gasteiger partial charge in [-0.15, -0.1) is 0 Å². The van der Waals surface area contributed by atoms with E-state index in [2.05, 4.69) is 25.8 Å². The SMILES string of the molecule is Cn1c(NC(=O)c2n[nH]c3c2CNCC3)nc2cc(F)ccc21. The molecule has 8 heteroatoms. The Kier molecular flexibility index (Phi) is 3.12. The number of carbonyl (C=O) groups excluding carboxylic acids is 1. The summed E-state index contributed by atoms with van der Waals surface area (Å²) in [6.07, 6.45) is 0.821. The molecule has 1 amide bonds. The van der Waals surface area contributed by atoms with Gasteiger partial charge in [-0.25, -0.2) is 9.37 Å². The van der Waals surface area contributed by atoms with Crippen molar-refractivity contribution in [2.75, 3.05) is 11.9 Å². The van der Waals surface area contributed by atoms with Gasteiger partial charge in [-0.3, -0.25) is 15.2 Å². The monoisotopic (exact) mass is 314 g/mol. The van der Waals surface area contributed by atoms with E-state index >= 15 is 0 Å². The van der Waals surface area contributed by atoms with Crippen molar-refractivity contribution in [3.63, 3.8) is 0 Å². The Morgan fingerprint density at radius 1 is 1.43 bits per heavy atom. The molecule has 118 valence electrons. The van der Waals surface area contributed by atoms with Gasteiger partial charge < -0.3 is 9.88 Å². The minimum atomic E-state index is -0.360. The average Bonchev–Trinajstić information content (AvgIpc) is 3.09. The third-order valence-electron chi connectivity index (χ3n) is 4.09. The van der Waals surface area contributed by atoms with Crippen LogP contribution in [0.1, 0.15) is 21.7 Å². The summed E-state index contributed by atoms with van der Waals surface area (Å²) in [6.45, 7) is 1.48. The molecule has 0 atom stereocenters. The molecule has 0 radical (unpaired) electrons. The van der Waals surface area contributed by atoms with E-state index < -0.39 is 0 Å². The number of anilines is 1. The molecule has 0 bridgehead atoms. The Morgan fingerprint density at radius 3 is 3.17 bits per heavy atom. The topological polar surface area (TPSA) is 87.6 Å². The van der Waals surface area contributed by atoms with Crippen LogP contribution in [0, 0.1) is 5.82 Å². The molecular formula is C15H15FN6O. The zero-order valence-electron chi connectivity index (χ0n) is 12.5. The van der Waals surface area contributed by atoms with Gasteiger partial charge in [0.15, 0.2) is 5.69 Å². The van der Waals surface area contributed by atoms with Crippen molar-refractivity contribution >= 4 is 22.9 Å². The van der Waals surface area contributed by atoms with Crippen LogP contribution >= 0.6 is 0 Å². The molecular weight excluding hydrogens is 299 g/mol. The Hall–Kier alpha value is -2.74. The molecule has 1 aliphatic rings. The Balaban J connectivity index is 1.66. The molecule has 0 saturated heterocycles. The predicted molar refractivity (Wildman–Crippen MR) is 82.6 cm³/mol. The minimum absolute atomic E-state index is 0.329. The number of hydrogen-bond acceptors (Lipinski definition) is 4. The number of carbonyl (C=O) groups is 1. The van der Waals surface area contributed by atoms with Gasteiger partial charge in [-0.05, 0) is 12.1 Å². The molecule has 4 rings (SSSR count). The average molecular weight is 314 g/mol. The van der Waals surface area contributed by atoms with Crippen LogP contribution in [0.15, 0.2) is 18.2 Å². The number of aromatic amines is 1. The fourth-order valence-corrected chi connectivity index (χ4v) is 2.86. The maximum Gasteiger partial charge on any atom is 0.278 e. The summed E-state index contributed by atoms with van der Waals surface area (Å²) < 4.78 is 15.0. The van der Waals surface area contributed by atoms with Crippen LogP contribution in [0.25, 0.3) is 11.0 Å². The molecule has 1 aromatic carbocycles. The van der Waals surface area contributed by atoms with Crippen LogP contribution in [0.5, 0.6) is 0 Å². The normalized spacial score (nSPS) is 14.0. The van der Waals surface area contributed by atoms with E-state index in [9.17, 15) is 9.18 Å². The van der Waals surface area contributed by atoms with Crippen molar-refractivity contribution in [2.45, 2.75) is 13.0 Å². The Bertz CT molecular complexity index is 912. The number of fused-ring (bicyclic) bond motifs is 2. The second-order valence-electron chi connectivity index (χ2n) is 5.54.